The van der Waals surface area contributed by atoms with E-state index < -0.39 is 23.9 Å². The molecule has 0 saturated heterocycles. The minimum atomic E-state index is -1.15. The first-order valence-corrected chi connectivity index (χ1v) is 12.0. The zero-order valence-corrected chi connectivity index (χ0v) is 21.5. The summed E-state index contributed by atoms with van der Waals surface area (Å²) in [4.78, 5) is 40.4. The molecule has 11 nitrogen and oxygen atoms in total. The van der Waals surface area contributed by atoms with Gasteiger partial charge < -0.3 is 19.4 Å². The van der Waals surface area contributed by atoms with Gasteiger partial charge in [-0.25, -0.2) is 21.2 Å². The van der Waals surface area contributed by atoms with Gasteiger partial charge in [0.15, 0.2) is 5.84 Å². The fourth-order valence-electron chi connectivity index (χ4n) is 4.39. The van der Waals surface area contributed by atoms with Crippen LogP contribution in [-0.2, 0) is 25.6 Å². The lowest BCUT2D eigenvalue weighted by Gasteiger charge is -2.15. The summed E-state index contributed by atoms with van der Waals surface area (Å²) in [5, 5.41) is 8.60. The normalized spacial score (nSPS) is 12.1. The van der Waals surface area contributed by atoms with E-state index >= 15 is 0 Å². The lowest BCUT2D eigenvalue weighted by atomic mass is 10.1. The molecule has 4 N–H and O–H groups in total. The fourth-order valence-corrected chi connectivity index (χ4v) is 4.39. The molecular weight excluding hydrogens is 500 g/mol. The summed E-state index contributed by atoms with van der Waals surface area (Å²) < 4.78 is 11.5. The third-order valence-corrected chi connectivity index (χ3v) is 6.30. The summed E-state index contributed by atoms with van der Waals surface area (Å²) in [5.74, 6) is 3.84. The Labute approximate surface area is 224 Å². The number of hydrazone groups is 1. The summed E-state index contributed by atoms with van der Waals surface area (Å²) in [5.41, 5.74) is 6.37. The number of nitrogens with one attached hydrogen (secondary N) is 2. The van der Waals surface area contributed by atoms with Crippen LogP contribution in [0.25, 0.3) is 21.8 Å². The van der Waals surface area contributed by atoms with E-state index in [1.165, 1.54) is 14.2 Å². The highest BCUT2D eigenvalue weighted by Gasteiger charge is 2.25. The van der Waals surface area contributed by atoms with Gasteiger partial charge in [-0.2, -0.15) is 0 Å². The minimum absolute atomic E-state index is 0.332. The van der Waals surface area contributed by atoms with Crippen LogP contribution in [0.4, 0.5) is 0 Å². The predicted molar refractivity (Wildman–Crippen MR) is 148 cm³/mol. The first kappa shape index (κ1) is 27.0. The van der Waals surface area contributed by atoms with E-state index in [0.717, 1.165) is 32.9 Å². The number of ether oxygens (including phenoxy) is 2. The predicted octanol–water partition coefficient (Wildman–Crippen LogP) is 2.50. The number of hydrazine groups is 1. The fraction of sp³-hybridized carbons (Fsp3) is 0.179. The van der Waals surface area contributed by atoms with Gasteiger partial charge in [0, 0.05) is 39.5 Å². The molecule has 3 aromatic carbocycles. The Kier molecular flexibility index (Phi) is 8.32. The first-order chi connectivity index (χ1) is 18.9. The van der Waals surface area contributed by atoms with Crippen LogP contribution >= 0.6 is 0 Å². The molecule has 1 heterocycles. The summed E-state index contributed by atoms with van der Waals surface area (Å²) >= 11 is 0. The zero-order valence-electron chi connectivity index (χ0n) is 21.5. The molecule has 0 aliphatic carbocycles. The molecule has 200 valence electrons. The van der Waals surface area contributed by atoms with Gasteiger partial charge in [0.2, 0.25) is 0 Å². The molecule has 1 atom stereocenters. The Morgan fingerprint density at radius 1 is 0.949 bits per heavy atom. The van der Waals surface area contributed by atoms with Crippen LogP contribution in [0, 0.1) is 0 Å². The maximum absolute atomic E-state index is 12.8. The highest BCUT2D eigenvalue weighted by Crippen LogP contribution is 2.31. The van der Waals surface area contributed by atoms with Gasteiger partial charge in [-0.05, 0) is 48.7 Å². The van der Waals surface area contributed by atoms with Crippen molar-refractivity contribution in [2.45, 2.75) is 19.0 Å². The number of hydrogen-bond donors (Lipinski definition) is 3. The standard InChI is InChI=1S/C28H28N6O5/c1-30-26(32-33-29)19-12-13-24-21(14-19)20-6-4-5-7-23(20)34(24)16-17-8-10-18(11-9-17)27(36)31-22(28(37)39-3)15-25(35)38-2/h4-14,22,33H,1,15-16,29H2,2-3H3,(H,31,36)/b32-26-/t22-/m0/s1. The number of amides is 1. The number of amidine groups is 1. The molecule has 0 aliphatic rings. The molecule has 4 rings (SSSR count). The van der Waals surface area contributed by atoms with Crippen molar-refractivity contribution in [1.29, 1.82) is 0 Å². The second-order valence-corrected chi connectivity index (χ2v) is 8.58. The van der Waals surface area contributed by atoms with E-state index in [1.54, 1.807) is 12.1 Å². The number of carbonyl (C=O) groups is 3. The summed E-state index contributed by atoms with van der Waals surface area (Å²) in [6.45, 7) is 4.12. The van der Waals surface area contributed by atoms with E-state index in [4.69, 9.17) is 10.6 Å². The van der Waals surface area contributed by atoms with Crippen LogP contribution < -0.4 is 16.7 Å². The maximum Gasteiger partial charge on any atom is 0.328 e. The number of nitrogens with zero attached hydrogens (tertiary/aromatic N) is 3. The largest absolute Gasteiger partial charge is 0.469 e. The van der Waals surface area contributed by atoms with Crippen molar-refractivity contribution in [3.05, 3.63) is 83.4 Å². The topological polar surface area (TPSA) is 149 Å². The Bertz CT molecular complexity index is 1570. The molecule has 11 heteroatoms. The molecule has 39 heavy (non-hydrogen) atoms. The van der Waals surface area contributed by atoms with Crippen molar-refractivity contribution in [3.63, 3.8) is 0 Å². The van der Waals surface area contributed by atoms with E-state index in [1.807, 2.05) is 48.5 Å². The van der Waals surface area contributed by atoms with Gasteiger partial charge in [-0.15, -0.1) is 5.10 Å². The van der Waals surface area contributed by atoms with Crippen molar-refractivity contribution in [2.75, 3.05) is 14.2 Å². The number of aliphatic imine (C=N–C) groups is 1. The molecule has 1 aromatic heterocycles. The van der Waals surface area contributed by atoms with Crippen LogP contribution in [-0.4, -0.2) is 55.2 Å². The quantitative estimate of drug-likeness (QED) is 0.0993. The van der Waals surface area contributed by atoms with Gasteiger partial charge >= 0.3 is 11.9 Å². The van der Waals surface area contributed by atoms with Crippen molar-refractivity contribution in [1.82, 2.24) is 15.4 Å². The number of rotatable bonds is 9. The zero-order chi connectivity index (χ0) is 27.9. The van der Waals surface area contributed by atoms with Gasteiger partial charge in [0.05, 0.1) is 20.6 Å². The number of para-hydroxylation sites is 1. The second kappa shape index (κ2) is 12.0. The number of carbonyl (C=O) groups excluding carboxylic acids is 3. The average molecular weight is 529 g/mol. The Morgan fingerprint density at radius 2 is 1.64 bits per heavy atom. The molecule has 1 amide bonds. The number of benzene rings is 3. The number of fused-ring (bicyclic) bond motifs is 3. The Morgan fingerprint density at radius 3 is 2.31 bits per heavy atom. The van der Waals surface area contributed by atoms with Crippen LogP contribution in [0.3, 0.4) is 0 Å². The van der Waals surface area contributed by atoms with Crippen molar-refractivity contribution < 1.29 is 23.9 Å². The highest BCUT2D eigenvalue weighted by molar-refractivity contribution is 6.12. The summed E-state index contributed by atoms with van der Waals surface area (Å²) in [6.07, 6.45) is -0.332. The monoisotopic (exact) mass is 528 g/mol. The first-order valence-electron chi connectivity index (χ1n) is 12.0. The number of methoxy groups -OCH3 is 2. The molecule has 0 radical (unpaired) electrons. The molecule has 0 fully saturated rings. The van der Waals surface area contributed by atoms with Gasteiger partial charge in [-0.1, -0.05) is 30.3 Å². The van der Waals surface area contributed by atoms with E-state index in [2.05, 4.69) is 43.0 Å². The smallest absolute Gasteiger partial charge is 0.328 e. The van der Waals surface area contributed by atoms with Crippen LogP contribution in [0.2, 0.25) is 0 Å². The third kappa shape index (κ3) is 5.78. The van der Waals surface area contributed by atoms with Crippen molar-refractivity contribution >= 4 is 52.2 Å². The number of aromatic nitrogens is 1. The summed E-state index contributed by atoms with van der Waals surface area (Å²) in [7, 11) is 2.39. The average Bonchev–Trinajstić information content (AvgIpc) is 3.27. The van der Waals surface area contributed by atoms with Gasteiger partial charge in [0.1, 0.15) is 6.04 Å². The molecule has 0 unspecified atom stereocenters. The van der Waals surface area contributed by atoms with Crippen LogP contribution in [0.1, 0.15) is 27.9 Å². The molecule has 4 aromatic rings. The molecule has 0 aliphatic heterocycles. The lowest BCUT2D eigenvalue weighted by Crippen LogP contribution is -2.43. The van der Waals surface area contributed by atoms with E-state index in [-0.39, 0.29) is 6.42 Å². The number of esters is 2. The number of hydrogen-bond acceptors (Lipinski definition) is 8. The summed E-state index contributed by atoms with van der Waals surface area (Å²) in [6, 6.07) is 19.8. The number of nitrogens with two attached hydrogens (primary N) is 1. The van der Waals surface area contributed by atoms with E-state index in [9.17, 15) is 14.4 Å². The second-order valence-electron chi connectivity index (χ2n) is 8.58. The molecule has 0 saturated carbocycles. The molecule has 0 spiro atoms. The van der Waals surface area contributed by atoms with Crippen LogP contribution in [0.15, 0.2) is 76.8 Å². The van der Waals surface area contributed by atoms with E-state index in [0.29, 0.717) is 17.9 Å². The molecule has 0 bridgehead atoms. The lowest BCUT2D eigenvalue weighted by molar-refractivity contribution is -0.149. The van der Waals surface area contributed by atoms with Gasteiger partial charge in [0.25, 0.3) is 5.91 Å². The SMILES string of the molecule is C=N/C(=N\NN)c1ccc2c(c1)c1ccccc1n2Cc1ccc(C(=O)N[C@@H](CC(=O)OC)C(=O)OC)cc1. The maximum atomic E-state index is 12.8. The van der Waals surface area contributed by atoms with Gasteiger partial charge in [-0.3, -0.25) is 9.59 Å². The molecular formula is C28H28N6O5. The minimum Gasteiger partial charge on any atom is -0.469 e. The van der Waals surface area contributed by atoms with Crippen molar-refractivity contribution in [2.24, 2.45) is 15.9 Å². The van der Waals surface area contributed by atoms with Crippen LogP contribution in [0.5, 0.6) is 0 Å². The Balaban J connectivity index is 1.61. The third-order valence-electron chi connectivity index (χ3n) is 6.30. The van der Waals surface area contributed by atoms with Crippen molar-refractivity contribution in [3.8, 4) is 0 Å². The highest BCUT2D eigenvalue weighted by atomic mass is 16.5. The Hall–Kier alpha value is -5.03.